The number of carbonyl (C=O) groups is 1. The molecule has 206 valence electrons. The van der Waals surface area contributed by atoms with Gasteiger partial charge in [0.2, 0.25) is 5.91 Å². The fourth-order valence-electron chi connectivity index (χ4n) is 4.91. The van der Waals surface area contributed by atoms with Crippen LogP contribution in [0.5, 0.6) is 11.5 Å². The van der Waals surface area contributed by atoms with E-state index in [9.17, 15) is 4.79 Å². The smallest absolute Gasteiger partial charge is 0.221 e. The van der Waals surface area contributed by atoms with Crippen LogP contribution in [-0.4, -0.2) is 24.1 Å². The van der Waals surface area contributed by atoms with Crippen molar-refractivity contribution in [2.45, 2.75) is 60.5 Å². The van der Waals surface area contributed by atoms with E-state index in [4.69, 9.17) is 19.6 Å². The van der Waals surface area contributed by atoms with Gasteiger partial charge in [0, 0.05) is 47.6 Å². The second-order valence-corrected chi connectivity index (χ2v) is 9.45. The monoisotopic (exact) mass is 530 g/mol. The van der Waals surface area contributed by atoms with Crippen LogP contribution in [0.15, 0.2) is 47.0 Å². The van der Waals surface area contributed by atoms with E-state index in [-0.39, 0.29) is 6.42 Å². The lowest BCUT2D eigenvalue weighted by atomic mass is 10.0. The Morgan fingerprint density at radius 2 is 1.69 bits per heavy atom. The summed E-state index contributed by atoms with van der Waals surface area (Å²) in [4.78, 5) is 16.6. The van der Waals surface area contributed by atoms with E-state index < -0.39 is 5.91 Å². The Hall–Kier alpha value is -4.04. The molecule has 2 heterocycles. The second-order valence-electron chi connectivity index (χ2n) is 9.45. The van der Waals surface area contributed by atoms with E-state index >= 15 is 0 Å². The highest BCUT2D eigenvalue weighted by Gasteiger charge is 2.17. The first kappa shape index (κ1) is 28.0. The number of pyridine rings is 1. The summed E-state index contributed by atoms with van der Waals surface area (Å²) in [5, 5.41) is 8.02. The van der Waals surface area contributed by atoms with Crippen molar-refractivity contribution in [1.29, 1.82) is 0 Å². The summed E-state index contributed by atoms with van der Waals surface area (Å²) in [7, 11) is 0. The number of nitrogens with one attached hydrogen (secondary N) is 2. The standard InChI is InChI=1S/C31H38N4O4/c1-6-24-21(16-33-17-22-12-19(4)39-20(22)5)10-9-11-26(24)35-31-23(13-30(32)36)18-34-27-15-29(38-8-3)28(37-7-2)14-25(27)31/h9-12,14-15,18,33H,6-8,13,16-17H2,1-5H3,(H2,32,36)(H,34,35). The number of nitrogens with two attached hydrogens (primary N) is 1. The SMILES string of the molecule is CCOc1cc2ncc(CC(N)=O)c(Nc3cccc(CNCc4cc(C)oc4C)c3CC)c2cc1OCC. The van der Waals surface area contributed by atoms with Gasteiger partial charge in [0.25, 0.3) is 0 Å². The highest BCUT2D eigenvalue weighted by molar-refractivity contribution is 5.98. The number of benzene rings is 2. The first-order chi connectivity index (χ1) is 18.8. The average molecular weight is 531 g/mol. The molecule has 0 aliphatic rings. The molecule has 1 amide bonds. The lowest BCUT2D eigenvalue weighted by Crippen LogP contribution is -2.16. The third kappa shape index (κ3) is 6.52. The van der Waals surface area contributed by atoms with Gasteiger partial charge >= 0.3 is 0 Å². The van der Waals surface area contributed by atoms with Crippen molar-refractivity contribution in [2.24, 2.45) is 5.73 Å². The number of amides is 1. The Labute approximate surface area is 229 Å². The van der Waals surface area contributed by atoms with Crippen molar-refractivity contribution < 1.29 is 18.7 Å². The molecular formula is C31H38N4O4. The van der Waals surface area contributed by atoms with Crippen molar-refractivity contribution >= 4 is 28.2 Å². The number of hydrogen-bond acceptors (Lipinski definition) is 7. The molecule has 0 spiro atoms. The molecule has 8 heteroatoms. The summed E-state index contributed by atoms with van der Waals surface area (Å²) in [6.07, 6.45) is 2.60. The maximum Gasteiger partial charge on any atom is 0.221 e. The van der Waals surface area contributed by atoms with Gasteiger partial charge in [-0.2, -0.15) is 0 Å². The number of hydrogen-bond donors (Lipinski definition) is 3. The minimum absolute atomic E-state index is 0.0641. The Kier molecular flexibility index (Phi) is 9.09. The number of aromatic nitrogens is 1. The number of nitrogens with zero attached hydrogens (tertiary/aromatic N) is 1. The van der Waals surface area contributed by atoms with Crippen LogP contribution in [0, 0.1) is 13.8 Å². The van der Waals surface area contributed by atoms with Crippen molar-refractivity contribution in [3.05, 3.63) is 76.4 Å². The molecular weight excluding hydrogens is 492 g/mol. The highest BCUT2D eigenvalue weighted by Crippen LogP contribution is 2.38. The third-order valence-electron chi connectivity index (χ3n) is 6.64. The largest absolute Gasteiger partial charge is 0.490 e. The van der Waals surface area contributed by atoms with E-state index in [2.05, 4.69) is 40.7 Å². The predicted octanol–water partition coefficient (Wildman–Crippen LogP) is 5.87. The summed E-state index contributed by atoms with van der Waals surface area (Å²) in [5.74, 6) is 2.71. The van der Waals surface area contributed by atoms with Crippen LogP contribution in [0.1, 0.15) is 54.5 Å². The number of ether oxygens (including phenoxy) is 2. The maximum atomic E-state index is 12.0. The number of aryl methyl sites for hydroxylation is 2. The molecule has 4 aromatic rings. The molecule has 0 saturated heterocycles. The van der Waals surface area contributed by atoms with Crippen LogP contribution < -0.4 is 25.8 Å². The van der Waals surface area contributed by atoms with Crippen LogP contribution in [0.25, 0.3) is 10.9 Å². The maximum absolute atomic E-state index is 12.0. The molecule has 0 fully saturated rings. The highest BCUT2D eigenvalue weighted by atomic mass is 16.5. The summed E-state index contributed by atoms with van der Waals surface area (Å²) >= 11 is 0. The number of anilines is 2. The first-order valence-corrected chi connectivity index (χ1v) is 13.5. The number of carbonyl (C=O) groups excluding carboxylic acids is 1. The summed E-state index contributed by atoms with van der Waals surface area (Å²) in [6.45, 7) is 12.4. The molecule has 0 aliphatic carbocycles. The number of primary amides is 1. The van der Waals surface area contributed by atoms with Crippen molar-refractivity contribution in [3.8, 4) is 11.5 Å². The van der Waals surface area contributed by atoms with E-state index in [1.165, 1.54) is 11.1 Å². The molecule has 0 saturated carbocycles. The zero-order chi connectivity index (χ0) is 27.9. The van der Waals surface area contributed by atoms with Gasteiger partial charge in [0.15, 0.2) is 11.5 Å². The summed E-state index contributed by atoms with van der Waals surface area (Å²) in [5.41, 5.74) is 12.4. The molecule has 2 aromatic carbocycles. The van der Waals surface area contributed by atoms with E-state index in [1.54, 1.807) is 6.20 Å². The van der Waals surface area contributed by atoms with Crippen LogP contribution in [0.3, 0.4) is 0 Å². The lowest BCUT2D eigenvalue weighted by Gasteiger charge is -2.20. The molecule has 0 aliphatic heterocycles. The minimum Gasteiger partial charge on any atom is -0.490 e. The van der Waals surface area contributed by atoms with Crippen LogP contribution in [-0.2, 0) is 30.7 Å². The molecule has 4 rings (SSSR count). The van der Waals surface area contributed by atoms with Crippen LogP contribution in [0.4, 0.5) is 11.4 Å². The summed E-state index contributed by atoms with van der Waals surface area (Å²) < 4.78 is 17.4. The first-order valence-electron chi connectivity index (χ1n) is 13.5. The van der Waals surface area contributed by atoms with Crippen molar-refractivity contribution in [3.63, 3.8) is 0 Å². The van der Waals surface area contributed by atoms with Gasteiger partial charge in [-0.3, -0.25) is 9.78 Å². The van der Waals surface area contributed by atoms with Crippen molar-refractivity contribution in [1.82, 2.24) is 10.3 Å². The third-order valence-corrected chi connectivity index (χ3v) is 6.64. The Bertz CT molecular complexity index is 1460. The zero-order valence-electron chi connectivity index (χ0n) is 23.4. The molecule has 0 bridgehead atoms. The molecule has 4 N–H and O–H groups in total. The van der Waals surface area contributed by atoms with Gasteiger partial charge in [-0.1, -0.05) is 19.1 Å². The topological polar surface area (TPSA) is 112 Å². The Morgan fingerprint density at radius 1 is 0.974 bits per heavy atom. The minimum atomic E-state index is -0.423. The summed E-state index contributed by atoms with van der Waals surface area (Å²) in [6, 6.07) is 12.1. The normalized spacial score (nSPS) is 11.1. The fourth-order valence-corrected chi connectivity index (χ4v) is 4.91. The second kappa shape index (κ2) is 12.7. The van der Waals surface area contributed by atoms with Gasteiger partial charge in [-0.05, 0) is 63.4 Å². The van der Waals surface area contributed by atoms with Gasteiger partial charge in [0.05, 0.1) is 30.8 Å². The predicted molar refractivity (Wildman–Crippen MR) is 155 cm³/mol. The molecule has 0 atom stereocenters. The molecule has 0 radical (unpaired) electrons. The average Bonchev–Trinajstić information content (AvgIpc) is 3.22. The number of fused-ring (bicyclic) bond motifs is 1. The molecule has 0 unspecified atom stereocenters. The lowest BCUT2D eigenvalue weighted by molar-refractivity contribution is -0.117. The number of furan rings is 1. The quantitative estimate of drug-likeness (QED) is 0.198. The van der Waals surface area contributed by atoms with Crippen LogP contribution >= 0.6 is 0 Å². The fraction of sp³-hybridized carbons (Fsp3) is 0.355. The van der Waals surface area contributed by atoms with Gasteiger partial charge < -0.3 is 30.3 Å². The molecule has 8 nitrogen and oxygen atoms in total. The molecule has 2 aromatic heterocycles. The van der Waals surface area contributed by atoms with E-state index in [0.29, 0.717) is 31.3 Å². The molecule has 39 heavy (non-hydrogen) atoms. The van der Waals surface area contributed by atoms with E-state index in [1.807, 2.05) is 45.9 Å². The van der Waals surface area contributed by atoms with Gasteiger partial charge in [0.1, 0.15) is 11.5 Å². The van der Waals surface area contributed by atoms with Gasteiger partial charge in [-0.15, -0.1) is 0 Å². The number of rotatable bonds is 13. The zero-order valence-corrected chi connectivity index (χ0v) is 23.4. The van der Waals surface area contributed by atoms with Crippen molar-refractivity contribution in [2.75, 3.05) is 18.5 Å². The Morgan fingerprint density at radius 3 is 2.33 bits per heavy atom. The van der Waals surface area contributed by atoms with Gasteiger partial charge in [-0.25, -0.2) is 0 Å². The van der Waals surface area contributed by atoms with Crippen LogP contribution in [0.2, 0.25) is 0 Å². The Balaban J connectivity index is 1.72. The van der Waals surface area contributed by atoms with E-state index in [0.717, 1.165) is 57.9 Å².